The molecule has 4 nitrogen and oxygen atoms in total. The minimum absolute atomic E-state index is 0.113. The van der Waals surface area contributed by atoms with E-state index in [1.165, 1.54) is 16.7 Å². The highest BCUT2D eigenvalue weighted by Gasteiger charge is 2.24. The molecule has 0 amide bonds. The minimum atomic E-state index is 0.113. The van der Waals surface area contributed by atoms with Crippen molar-refractivity contribution in [2.24, 2.45) is 11.8 Å². The molecule has 106 valence electrons. The first kappa shape index (κ1) is 14.3. The van der Waals surface area contributed by atoms with Gasteiger partial charge in [0.15, 0.2) is 0 Å². The maximum atomic E-state index is 5.77. The Morgan fingerprint density at radius 2 is 2.26 bits per heavy atom. The topological polar surface area (TPSA) is 56.5 Å². The van der Waals surface area contributed by atoms with E-state index in [4.69, 9.17) is 15.3 Å². The molecule has 0 aromatic heterocycles. The lowest BCUT2D eigenvalue weighted by Crippen LogP contribution is -2.30. The minimum Gasteiger partial charge on any atom is -0.496 e. The molecule has 2 unspecified atom stereocenters. The number of nitrogens with two attached hydrogens (primary N) is 1. The van der Waals surface area contributed by atoms with Crippen LogP contribution >= 0.6 is 0 Å². The van der Waals surface area contributed by atoms with E-state index in [9.17, 15) is 0 Å². The molecule has 0 bridgehead atoms. The molecule has 1 aliphatic rings. The fourth-order valence-electron chi connectivity index (χ4n) is 2.93. The zero-order chi connectivity index (χ0) is 13.8. The van der Waals surface area contributed by atoms with Crippen LogP contribution in [-0.4, -0.2) is 20.3 Å². The Morgan fingerprint density at radius 1 is 1.47 bits per heavy atom. The van der Waals surface area contributed by atoms with Crippen LogP contribution < -0.4 is 16.0 Å². The number of nitrogens with one attached hydrogen (secondary N) is 1. The Hall–Kier alpha value is -1.10. The van der Waals surface area contributed by atoms with Gasteiger partial charge in [0.2, 0.25) is 0 Å². The average molecular weight is 264 g/mol. The van der Waals surface area contributed by atoms with E-state index in [0.29, 0.717) is 5.92 Å². The Bertz CT molecular complexity index is 428. The lowest BCUT2D eigenvalue weighted by molar-refractivity contribution is 0.181. The van der Waals surface area contributed by atoms with E-state index in [2.05, 4.69) is 31.4 Å². The number of hydrogen-bond donors (Lipinski definition) is 2. The highest BCUT2D eigenvalue weighted by molar-refractivity contribution is 5.45. The van der Waals surface area contributed by atoms with Crippen LogP contribution in [0.15, 0.2) is 12.1 Å². The van der Waals surface area contributed by atoms with Gasteiger partial charge >= 0.3 is 0 Å². The molecule has 1 fully saturated rings. The second-order valence-corrected chi connectivity index (χ2v) is 5.38. The van der Waals surface area contributed by atoms with Crippen molar-refractivity contribution < 1.29 is 9.47 Å². The van der Waals surface area contributed by atoms with Crippen LogP contribution in [0.3, 0.4) is 0 Å². The maximum Gasteiger partial charge on any atom is 0.124 e. The van der Waals surface area contributed by atoms with Gasteiger partial charge < -0.3 is 9.47 Å². The summed E-state index contributed by atoms with van der Waals surface area (Å²) >= 11 is 0. The highest BCUT2D eigenvalue weighted by atomic mass is 16.5. The Labute approximate surface area is 115 Å². The first-order chi connectivity index (χ1) is 9.15. The summed E-state index contributed by atoms with van der Waals surface area (Å²) in [5.74, 6) is 7.26. The van der Waals surface area contributed by atoms with Crippen molar-refractivity contribution in [3.8, 4) is 5.75 Å². The van der Waals surface area contributed by atoms with Gasteiger partial charge in [-0.2, -0.15) is 0 Å². The quantitative estimate of drug-likeness (QED) is 0.632. The van der Waals surface area contributed by atoms with Gasteiger partial charge in [-0.05, 0) is 49.8 Å². The zero-order valence-electron chi connectivity index (χ0n) is 12.0. The van der Waals surface area contributed by atoms with Crippen molar-refractivity contribution in [2.45, 2.75) is 32.7 Å². The summed E-state index contributed by atoms with van der Waals surface area (Å²) in [6, 6.07) is 4.35. The largest absolute Gasteiger partial charge is 0.496 e. The second-order valence-electron chi connectivity index (χ2n) is 5.38. The van der Waals surface area contributed by atoms with Crippen molar-refractivity contribution in [2.75, 3.05) is 20.3 Å². The Balaban J connectivity index is 2.25. The second kappa shape index (κ2) is 6.37. The number of hydrogen-bond acceptors (Lipinski definition) is 4. The van der Waals surface area contributed by atoms with Crippen LogP contribution in [0.2, 0.25) is 0 Å². The molecule has 1 heterocycles. The van der Waals surface area contributed by atoms with Crippen molar-refractivity contribution >= 4 is 0 Å². The van der Waals surface area contributed by atoms with E-state index >= 15 is 0 Å². The van der Waals surface area contributed by atoms with Crippen LogP contribution in [0.25, 0.3) is 0 Å². The number of methoxy groups -OCH3 is 1. The molecular formula is C15H24N2O2. The van der Waals surface area contributed by atoms with Crippen molar-refractivity contribution in [1.82, 2.24) is 5.43 Å². The molecule has 2 rings (SSSR count). The average Bonchev–Trinajstić information content (AvgIpc) is 2.88. The summed E-state index contributed by atoms with van der Waals surface area (Å²) in [6.45, 7) is 5.90. The predicted octanol–water partition coefficient (Wildman–Crippen LogP) is 2.24. The third-order valence-electron chi connectivity index (χ3n) is 3.86. The van der Waals surface area contributed by atoms with Crippen LogP contribution in [0, 0.1) is 19.8 Å². The van der Waals surface area contributed by atoms with Crippen molar-refractivity contribution in [3.05, 3.63) is 28.8 Å². The molecule has 1 aliphatic heterocycles. The van der Waals surface area contributed by atoms with Gasteiger partial charge in [-0.15, -0.1) is 0 Å². The molecule has 0 saturated carbocycles. The SMILES string of the molecule is COc1cc(C)cc(C)c1C(CC1CCOC1)NN. The number of benzene rings is 1. The van der Waals surface area contributed by atoms with E-state index in [1.807, 2.05) is 0 Å². The molecule has 0 radical (unpaired) electrons. The summed E-state index contributed by atoms with van der Waals surface area (Å²) < 4.78 is 11.0. The molecule has 0 spiro atoms. The van der Waals surface area contributed by atoms with E-state index in [0.717, 1.165) is 31.8 Å². The summed E-state index contributed by atoms with van der Waals surface area (Å²) in [5, 5.41) is 0. The summed E-state index contributed by atoms with van der Waals surface area (Å²) in [4.78, 5) is 0. The van der Waals surface area contributed by atoms with E-state index in [1.54, 1.807) is 7.11 Å². The van der Waals surface area contributed by atoms with Gasteiger partial charge in [0, 0.05) is 18.8 Å². The molecule has 19 heavy (non-hydrogen) atoms. The van der Waals surface area contributed by atoms with Crippen LogP contribution in [-0.2, 0) is 4.74 Å². The highest BCUT2D eigenvalue weighted by Crippen LogP contribution is 2.34. The molecule has 1 aromatic carbocycles. The third-order valence-corrected chi connectivity index (χ3v) is 3.86. The van der Waals surface area contributed by atoms with Crippen molar-refractivity contribution in [3.63, 3.8) is 0 Å². The van der Waals surface area contributed by atoms with E-state index < -0.39 is 0 Å². The first-order valence-corrected chi connectivity index (χ1v) is 6.84. The Kier molecular flexibility index (Phi) is 4.80. The fourth-order valence-corrected chi connectivity index (χ4v) is 2.93. The summed E-state index contributed by atoms with van der Waals surface area (Å²) in [5.41, 5.74) is 6.54. The van der Waals surface area contributed by atoms with Crippen LogP contribution in [0.4, 0.5) is 0 Å². The van der Waals surface area contributed by atoms with Gasteiger partial charge in [0.05, 0.1) is 13.2 Å². The number of rotatable bonds is 5. The monoisotopic (exact) mass is 264 g/mol. The number of ether oxygens (including phenoxy) is 2. The predicted molar refractivity (Wildman–Crippen MR) is 76.1 cm³/mol. The zero-order valence-corrected chi connectivity index (χ0v) is 12.0. The molecule has 2 atom stereocenters. The van der Waals surface area contributed by atoms with Gasteiger partial charge in [-0.3, -0.25) is 11.3 Å². The standard InChI is InChI=1S/C15H24N2O2/c1-10-6-11(2)15(14(7-10)18-3)13(17-16)8-12-4-5-19-9-12/h6-7,12-13,17H,4-5,8-9,16H2,1-3H3. The summed E-state index contributed by atoms with van der Waals surface area (Å²) in [7, 11) is 1.71. The normalized spacial score (nSPS) is 20.5. The van der Waals surface area contributed by atoms with Gasteiger partial charge in [0.25, 0.3) is 0 Å². The van der Waals surface area contributed by atoms with Crippen LogP contribution in [0.5, 0.6) is 5.75 Å². The van der Waals surface area contributed by atoms with Gasteiger partial charge in [-0.1, -0.05) is 6.07 Å². The lowest BCUT2D eigenvalue weighted by Gasteiger charge is -2.24. The van der Waals surface area contributed by atoms with Crippen molar-refractivity contribution in [1.29, 1.82) is 0 Å². The smallest absolute Gasteiger partial charge is 0.124 e. The van der Waals surface area contributed by atoms with Gasteiger partial charge in [-0.25, -0.2) is 0 Å². The fraction of sp³-hybridized carbons (Fsp3) is 0.600. The number of hydrazine groups is 1. The molecule has 3 N–H and O–H groups in total. The summed E-state index contributed by atoms with van der Waals surface area (Å²) in [6.07, 6.45) is 2.10. The van der Waals surface area contributed by atoms with E-state index in [-0.39, 0.29) is 6.04 Å². The van der Waals surface area contributed by atoms with Gasteiger partial charge in [0.1, 0.15) is 5.75 Å². The lowest BCUT2D eigenvalue weighted by atomic mass is 9.90. The third kappa shape index (κ3) is 3.26. The Morgan fingerprint density at radius 3 is 2.84 bits per heavy atom. The first-order valence-electron chi connectivity index (χ1n) is 6.84. The van der Waals surface area contributed by atoms with Crippen LogP contribution in [0.1, 0.15) is 35.6 Å². The molecule has 0 aliphatic carbocycles. The molecule has 1 aromatic rings. The molecular weight excluding hydrogens is 240 g/mol. The number of aryl methyl sites for hydroxylation is 2. The molecule has 1 saturated heterocycles. The molecule has 4 heteroatoms. The maximum absolute atomic E-state index is 5.77.